The van der Waals surface area contributed by atoms with E-state index in [1.54, 1.807) is 6.92 Å². The fourth-order valence-corrected chi connectivity index (χ4v) is 2.01. The minimum absolute atomic E-state index is 0.0677. The van der Waals surface area contributed by atoms with Crippen LogP contribution >= 0.6 is 0 Å². The Kier molecular flexibility index (Phi) is 3.83. The van der Waals surface area contributed by atoms with Crippen LogP contribution in [0, 0.1) is 0 Å². The molecular formula is C11H17NO5. The number of amides is 1. The van der Waals surface area contributed by atoms with Crippen LogP contribution in [0.1, 0.15) is 26.2 Å². The molecule has 0 N–H and O–H groups in total. The molecule has 2 aliphatic rings. The molecule has 2 rings (SSSR count). The normalized spacial score (nSPS) is 29.0. The first-order valence-corrected chi connectivity index (χ1v) is 5.98. The van der Waals surface area contributed by atoms with Gasteiger partial charge < -0.3 is 14.2 Å². The third-order valence-electron chi connectivity index (χ3n) is 2.97. The summed E-state index contributed by atoms with van der Waals surface area (Å²) >= 11 is 0. The van der Waals surface area contributed by atoms with E-state index in [0.717, 1.165) is 19.3 Å². The first-order valence-electron chi connectivity index (χ1n) is 5.98. The molecule has 0 bridgehead atoms. The van der Waals surface area contributed by atoms with Crippen LogP contribution in [0.3, 0.4) is 0 Å². The van der Waals surface area contributed by atoms with Crippen molar-refractivity contribution in [1.29, 1.82) is 0 Å². The monoisotopic (exact) mass is 243 g/mol. The highest BCUT2D eigenvalue weighted by Crippen LogP contribution is 2.18. The van der Waals surface area contributed by atoms with Gasteiger partial charge in [-0.15, -0.1) is 0 Å². The maximum atomic E-state index is 11.9. The lowest BCUT2D eigenvalue weighted by Crippen LogP contribution is -2.42. The van der Waals surface area contributed by atoms with Crippen molar-refractivity contribution < 1.29 is 23.8 Å². The highest BCUT2D eigenvalue weighted by molar-refractivity contribution is 5.84. The molecule has 0 spiro atoms. The number of hydrogen-bond acceptors (Lipinski definition) is 5. The lowest BCUT2D eigenvalue weighted by atomic mass is 10.2. The molecule has 0 aromatic rings. The second-order valence-electron chi connectivity index (χ2n) is 4.11. The maximum Gasteiger partial charge on any atom is 0.410 e. The van der Waals surface area contributed by atoms with Gasteiger partial charge in [-0.3, -0.25) is 4.90 Å². The Bertz CT molecular complexity index is 300. The highest BCUT2D eigenvalue weighted by Gasteiger charge is 2.39. The van der Waals surface area contributed by atoms with Gasteiger partial charge in [0.2, 0.25) is 6.29 Å². The summed E-state index contributed by atoms with van der Waals surface area (Å²) in [6.07, 6.45) is 1.79. The van der Waals surface area contributed by atoms with Gasteiger partial charge >= 0.3 is 12.1 Å². The Morgan fingerprint density at radius 3 is 3.00 bits per heavy atom. The number of ether oxygens (including phenoxy) is 3. The number of carbonyl (C=O) groups excluding carboxylic acids is 2. The molecule has 2 heterocycles. The predicted molar refractivity (Wildman–Crippen MR) is 57.2 cm³/mol. The van der Waals surface area contributed by atoms with E-state index < -0.39 is 24.4 Å². The molecular weight excluding hydrogens is 226 g/mol. The summed E-state index contributed by atoms with van der Waals surface area (Å²) in [6, 6.07) is -0.627. The van der Waals surface area contributed by atoms with Crippen molar-refractivity contribution >= 4 is 12.1 Å². The second kappa shape index (κ2) is 5.35. The van der Waals surface area contributed by atoms with E-state index >= 15 is 0 Å². The topological polar surface area (TPSA) is 65.1 Å². The number of likely N-dealkylation sites (N-methyl/N-ethyl adjacent to an activating group) is 1. The van der Waals surface area contributed by atoms with Crippen LogP contribution in [-0.4, -0.2) is 49.1 Å². The van der Waals surface area contributed by atoms with E-state index in [1.807, 2.05) is 0 Å². The van der Waals surface area contributed by atoms with Crippen molar-refractivity contribution in [3.05, 3.63) is 0 Å². The first-order chi connectivity index (χ1) is 8.22. The minimum atomic E-state index is -0.627. The van der Waals surface area contributed by atoms with E-state index in [-0.39, 0.29) is 6.61 Å². The predicted octanol–water partition coefficient (Wildman–Crippen LogP) is 0.897. The third-order valence-corrected chi connectivity index (χ3v) is 2.97. The van der Waals surface area contributed by atoms with Gasteiger partial charge in [-0.1, -0.05) is 0 Å². The van der Waals surface area contributed by atoms with Gasteiger partial charge in [0.25, 0.3) is 0 Å². The summed E-state index contributed by atoms with van der Waals surface area (Å²) in [4.78, 5) is 24.5. The van der Waals surface area contributed by atoms with E-state index in [1.165, 1.54) is 4.90 Å². The van der Waals surface area contributed by atoms with E-state index in [0.29, 0.717) is 13.2 Å². The smallest absolute Gasteiger partial charge is 0.410 e. The molecule has 0 aliphatic carbocycles. The summed E-state index contributed by atoms with van der Waals surface area (Å²) in [7, 11) is 0. The quantitative estimate of drug-likeness (QED) is 0.689. The van der Waals surface area contributed by atoms with Crippen LogP contribution in [0.4, 0.5) is 4.79 Å². The van der Waals surface area contributed by atoms with Crippen molar-refractivity contribution in [2.75, 3.05) is 19.8 Å². The molecule has 1 unspecified atom stereocenters. The molecule has 1 amide bonds. The van der Waals surface area contributed by atoms with E-state index in [9.17, 15) is 9.59 Å². The zero-order valence-electron chi connectivity index (χ0n) is 9.89. The molecule has 0 aromatic heterocycles. The van der Waals surface area contributed by atoms with Crippen molar-refractivity contribution in [3.8, 4) is 0 Å². The Morgan fingerprint density at radius 2 is 2.35 bits per heavy atom. The van der Waals surface area contributed by atoms with Gasteiger partial charge in [0.15, 0.2) is 6.04 Å². The Hall–Kier alpha value is -1.30. The molecule has 2 fully saturated rings. The van der Waals surface area contributed by atoms with Crippen molar-refractivity contribution in [1.82, 2.24) is 4.90 Å². The zero-order chi connectivity index (χ0) is 12.3. The van der Waals surface area contributed by atoms with Crippen molar-refractivity contribution in [2.24, 2.45) is 0 Å². The fourth-order valence-electron chi connectivity index (χ4n) is 2.01. The summed E-state index contributed by atoms with van der Waals surface area (Å²) in [5.74, 6) is -0.440. The van der Waals surface area contributed by atoms with Gasteiger partial charge in [0, 0.05) is 13.0 Å². The number of carbonyl (C=O) groups is 2. The van der Waals surface area contributed by atoms with Crippen LogP contribution in [-0.2, 0) is 19.0 Å². The standard InChI is InChI=1S/C11H17NO5/c1-2-12-8(7-16-11(12)14)10(13)17-9-5-3-4-6-15-9/h8-9H,2-7H2,1H3/t8-,9?/m1/s1. The lowest BCUT2D eigenvalue weighted by molar-refractivity contribution is -0.190. The van der Waals surface area contributed by atoms with Gasteiger partial charge in [-0.2, -0.15) is 0 Å². The average Bonchev–Trinajstić information content (AvgIpc) is 2.71. The van der Waals surface area contributed by atoms with Crippen molar-refractivity contribution in [3.63, 3.8) is 0 Å². The van der Waals surface area contributed by atoms with Gasteiger partial charge in [-0.25, -0.2) is 9.59 Å². The SMILES string of the molecule is CCN1C(=O)OC[C@@H]1C(=O)OC1CCCCO1. The van der Waals surface area contributed by atoms with Crippen molar-refractivity contribution in [2.45, 2.75) is 38.5 Å². The summed E-state index contributed by atoms with van der Waals surface area (Å²) < 4.78 is 15.4. The second-order valence-corrected chi connectivity index (χ2v) is 4.11. The molecule has 96 valence electrons. The minimum Gasteiger partial charge on any atom is -0.447 e. The Morgan fingerprint density at radius 1 is 1.53 bits per heavy atom. The van der Waals surface area contributed by atoms with E-state index in [2.05, 4.69) is 0 Å². The summed E-state index contributed by atoms with van der Waals surface area (Å²) in [5, 5.41) is 0. The molecule has 6 nitrogen and oxygen atoms in total. The Labute approximate surface area is 99.8 Å². The summed E-state index contributed by atoms with van der Waals surface area (Å²) in [6.45, 7) is 2.92. The van der Waals surface area contributed by atoms with Crippen LogP contribution < -0.4 is 0 Å². The highest BCUT2D eigenvalue weighted by atomic mass is 16.7. The number of cyclic esters (lactones) is 1. The zero-order valence-corrected chi connectivity index (χ0v) is 9.89. The average molecular weight is 243 g/mol. The number of rotatable bonds is 3. The number of esters is 1. The third kappa shape index (κ3) is 2.69. The molecule has 17 heavy (non-hydrogen) atoms. The van der Waals surface area contributed by atoms with Crippen LogP contribution in [0.2, 0.25) is 0 Å². The summed E-state index contributed by atoms with van der Waals surface area (Å²) in [5.41, 5.74) is 0. The van der Waals surface area contributed by atoms with Gasteiger partial charge in [-0.05, 0) is 19.8 Å². The molecule has 2 aliphatic heterocycles. The van der Waals surface area contributed by atoms with Gasteiger partial charge in [0.05, 0.1) is 6.61 Å². The molecule has 2 saturated heterocycles. The molecule has 0 aromatic carbocycles. The molecule has 0 radical (unpaired) electrons. The maximum absolute atomic E-state index is 11.9. The number of hydrogen-bond donors (Lipinski definition) is 0. The van der Waals surface area contributed by atoms with Crippen LogP contribution in [0.25, 0.3) is 0 Å². The first kappa shape index (κ1) is 12.2. The molecule has 2 atom stereocenters. The number of nitrogens with zero attached hydrogens (tertiary/aromatic N) is 1. The van der Waals surface area contributed by atoms with Crippen LogP contribution in [0.15, 0.2) is 0 Å². The van der Waals surface area contributed by atoms with Gasteiger partial charge in [0.1, 0.15) is 6.61 Å². The van der Waals surface area contributed by atoms with E-state index in [4.69, 9.17) is 14.2 Å². The Balaban J connectivity index is 1.88. The largest absolute Gasteiger partial charge is 0.447 e. The molecule has 6 heteroatoms. The fraction of sp³-hybridized carbons (Fsp3) is 0.818. The van der Waals surface area contributed by atoms with Crippen LogP contribution in [0.5, 0.6) is 0 Å². The molecule has 0 saturated carbocycles. The lowest BCUT2D eigenvalue weighted by Gasteiger charge is -2.25.